The molecule has 0 aliphatic heterocycles. The van der Waals surface area contributed by atoms with Crippen molar-refractivity contribution in [3.63, 3.8) is 0 Å². The zero-order chi connectivity index (χ0) is 19.9. The van der Waals surface area contributed by atoms with E-state index in [1.54, 1.807) is 6.07 Å². The quantitative estimate of drug-likeness (QED) is 0.531. The molecular weight excluding hydrogens is 412 g/mol. The van der Waals surface area contributed by atoms with E-state index >= 15 is 0 Å². The molecule has 28 heavy (non-hydrogen) atoms. The van der Waals surface area contributed by atoms with E-state index in [0.29, 0.717) is 19.2 Å². The number of anilines is 1. The fourth-order valence-corrected chi connectivity index (χ4v) is 3.31. The Balaban J connectivity index is 0.00000392. The number of halogens is 3. The Labute approximate surface area is 169 Å². The van der Waals surface area contributed by atoms with Gasteiger partial charge in [-0.05, 0) is 49.4 Å². The number of hydrogen-bond donors (Lipinski definition) is 3. The van der Waals surface area contributed by atoms with Gasteiger partial charge in [0.25, 0.3) is 15.9 Å². The maximum Gasteiger partial charge on any atom is 0.261 e. The molecular formula is C18H22ClF2N3O3S. The van der Waals surface area contributed by atoms with E-state index in [9.17, 15) is 22.0 Å². The van der Waals surface area contributed by atoms with Crippen molar-refractivity contribution in [3.05, 3.63) is 59.7 Å². The van der Waals surface area contributed by atoms with E-state index < -0.39 is 26.6 Å². The van der Waals surface area contributed by atoms with Crippen molar-refractivity contribution in [1.82, 2.24) is 10.6 Å². The molecule has 0 spiro atoms. The lowest BCUT2D eigenvalue weighted by atomic mass is 10.2. The highest BCUT2D eigenvalue weighted by molar-refractivity contribution is 7.92. The van der Waals surface area contributed by atoms with Crippen LogP contribution in [-0.4, -0.2) is 34.0 Å². The van der Waals surface area contributed by atoms with E-state index in [1.807, 2.05) is 6.92 Å². The molecule has 0 atom stereocenters. The van der Waals surface area contributed by atoms with E-state index in [-0.39, 0.29) is 29.6 Å². The molecule has 2 rings (SSSR count). The van der Waals surface area contributed by atoms with E-state index in [0.717, 1.165) is 25.1 Å². The molecule has 3 N–H and O–H groups in total. The van der Waals surface area contributed by atoms with Crippen LogP contribution in [0, 0.1) is 11.6 Å². The minimum Gasteiger partial charge on any atom is -0.351 e. The molecule has 0 fully saturated rings. The topological polar surface area (TPSA) is 87.3 Å². The first-order chi connectivity index (χ1) is 12.8. The molecule has 2 aromatic carbocycles. The van der Waals surface area contributed by atoms with E-state index in [1.165, 1.54) is 18.2 Å². The SMILES string of the molecule is CCCNCCNC(=O)c1cccc(NS(=O)(=O)c2ccc(F)c(F)c2)c1.Cl. The number of nitrogens with one attached hydrogen (secondary N) is 3. The number of sulfonamides is 1. The first kappa shape index (κ1) is 23.8. The van der Waals surface area contributed by atoms with Crippen LogP contribution >= 0.6 is 12.4 Å². The number of carbonyl (C=O) groups excluding carboxylic acids is 1. The number of rotatable bonds is 9. The number of hydrogen-bond acceptors (Lipinski definition) is 4. The van der Waals surface area contributed by atoms with E-state index in [4.69, 9.17) is 0 Å². The van der Waals surface area contributed by atoms with E-state index in [2.05, 4.69) is 15.4 Å². The molecule has 0 aliphatic carbocycles. The van der Waals surface area contributed by atoms with Gasteiger partial charge in [0.1, 0.15) is 0 Å². The number of carbonyl (C=O) groups is 1. The maximum absolute atomic E-state index is 13.3. The first-order valence-electron chi connectivity index (χ1n) is 8.40. The highest BCUT2D eigenvalue weighted by atomic mass is 35.5. The molecule has 0 saturated carbocycles. The fourth-order valence-electron chi connectivity index (χ4n) is 2.25. The lowest BCUT2D eigenvalue weighted by molar-refractivity contribution is 0.0954. The van der Waals surface area contributed by atoms with Crippen LogP contribution in [0.5, 0.6) is 0 Å². The van der Waals surface area contributed by atoms with Gasteiger partial charge >= 0.3 is 0 Å². The minimum absolute atomic E-state index is 0. The van der Waals surface area contributed by atoms with Gasteiger partial charge in [-0.2, -0.15) is 0 Å². The summed E-state index contributed by atoms with van der Waals surface area (Å²) in [7, 11) is -4.12. The maximum atomic E-state index is 13.3. The molecule has 0 radical (unpaired) electrons. The van der Waals surface area contributed by atoms with Crippen molar-refractivity contribution in [1.29, 1.82) is 0 Å². The number of benzene rings is 2. The lowest BCUT2D eigenvalue weighted by Crippen LogP contribution is -2.32. The summed E-state index contributed by atoms with van der Waals surface area (Å²) in [6, 6.07) is 8.18. The largest absolute Gasteiger partial charge is 0.351 e. The van der Waals surface area contributed by atoms with Crippen molar-refractivity contribution in [2.45, 2.75) is 18.2 Å². The Morgan fingerprint density at radius 2 is 1.75 bits per heavy atom. The first-order valence-corrected chi connectivity index (χ1v) is 9.88. The molecule has 10 heteroatoms. The predicted molar refractivity (Wildman–Crippen MR) is 106 cm³/mol. The van der Waals surface area contributed by atoms with Gasteiger partial charge in [-0.1, -0.05) is 13.0 Å². The third kappa shape index (κ3) is 6.74. The van der Waals surface area contributed by atoms with Crippen molar-refractivity contribution in [3.8, 4) is 0 Å². The van der Waals surface area contributed by atoms with Crippen LogP contribution in [-0.2, 0) is 10.0 Å². The third-order valence-corrected chi connectivity index (χ3v) is 4.97. The van der Waals surface area contributed by atoms with Gasteiger partial charge in [0.15, 0.2) is 11.6 Å². The van der Waals surface area contributed by atoms with Crippen LogP contribution in [0.1, 0.15) is 23.7 Å². The van der Waals surface area contributed by atoms with Gasteiger partial charge in [0.2, 0.25) is 0 Å². The zero-order valence-electron chi connectivity index (χ0n) is 15.2. The average Bonchev–Trinajstić information content (AvgIpc) is 2.63. The second kappa shape index (κ2) is 10.9. The Morgan fingerprint density at radius 3 is 2.43 bits per heavy atom. The monoisotopic (exact) mass is 433 g/mol. The Kier molecular flexibility index (Phi) is 9.30. The second-order valence-corrected chi connectivity index (χ2v) is 7.45. The molecule has 0 unspecified atom stereocenters. The summed E-state index contributed by atoms with van der Waals surface area (Å²) in [5.41, 5.74) is 0.410. The Hall–Kier alpha value is -2.23. The Bertz CT molecular complexity index is 911. The fraction of sp³-hybridized carbons (Fsp3) is 0.278. The highest BCUT2D eigenvalue weighted by Crippen LogP contribution is 2.19. The van der Waals surface area contributed by atoms with Crippen LogP contribution in [0.4, 0.5) is 14.5 Å². The van der Waals surface area contributed by atoms with Gasteiger partial charge in [-0.15, -0.1) is 12.4 Å². The van der Waals surface area contributed by atoms with Gasteiger partial charge in [-0.25, -0.2) is 17.2 Å². The Morgan fingerprint density at radius 1 is 1.00 bits per heavy atom. The number of amides is 1. The normalized spacial score (nSPS) is 10.8. The van der Waals surface area contributed by atoms with Crippen LogP contribution < -0.4 is 15.4 Å². The summed E-state index contributed by atoms with van der Waals surface area (Å²) < 4.78 is 53.1. The molecule has 0 heterocycles. The third-order valence-electron chi connectivity index (χ3n) is 3.59. The van der Waals surface area contributed by atoms with Crippen molar-refractivity contribution in [2.75, 3.05) is 24.4 Å². The van der Waals surface area contributed by atoms with Gasteiger partial charge in [0.05, 0.1) is 4.90 Å². The summed E-state index contributed by atoms with van der Waals surface area (Å²) in [4.78, 5) is 11.7. The summed E-state index contributed by atoms with van der Waals surface area (Å²) >= 11 is 0. The summed E-state index contributed by atoms with van der Waals surface area (Å²) in [5, 5.41) is 5.87. The van der Waals surface area contributed by atoms with Crippen molar-refractivity contribution < 1.29 is 22.0 Å². The highest BCUT2D eigenvalue weighted by Gasteiger charge is 2.17. The minimum atomic E-state index is -4.12. The molecule has 2 aromatic rings. The molecule has 0 aliphatic rings. The smallest absolute Gasteiger partial charge is 0.261 e. The lowest BCUT2D eigenvalue weighted by Gasteiger charge is -2.10. The van der Waals surface area contributed by atoms with Crippen molar-refractivity contribution >= 4 is 34.0 Å². The molecule has 0 saturated heterocycles. The zero-order valence-corrected chi connectivity index (χ0v) is 16.8. The summed E-state index contributed by atoms with van der Waals surface area (Å²) in [6.07, 6.45) is 0.994. The molecule has 1 amide bonds. The molecule has 0 bridgehead atoms. The van der Waals surface area contributed by atoms with Gasteiger partial charge in [-0.3, -0.25) is 9.52 Å². The van der Waals surface area contributed by atoms with Crippen LogP contribution in [0.3, 0.4) is 0 Å². The van der Waals surface area contributed by atoms with Crippen LogP contribution in [0.15, 0.2) is 47.4 Å². The summed E-state index contributed by atoms with van der Waals surface area (Å²) in [5.74, 6) is -2.74. The molecule has 0 aromatic heterocycles. The van der Waals surface area contributed by atoms with Crippen LogP contribution in [0.2, 0.25) is 0 Å². The predicted octanol–water partition coefficient (Wildman–Crippen LogP) is 2.92. The second-order valence-electron chi connectivity index (χ2n) is 5.77. The average molecular weight is 434 g/mol. The standard InChI is InChI=1S/C18H21F2N3O3S.ClH/c1-2-8-21-9-10-22-18(24)13-4-3-5-14(11-13)23-27(25,26)15-6-7-16(19)17(20)12-15;/h3-7,11-12,21,23H,2,8-10H2,1H3,(H,22,24);1H. The molecule has 154 valence electrons. The van der Waals surface area contributed by atoms with Gasteiger partial charge in [0, 0.05) is 24.3 Å². The van der Waals surface area contributed by atoms with Gasteiger partial charge < -0.3 is 10.6 Å². The molecule has 6 nitrogen and oxygen atoms in total. The van der Waals surface area contributed by atoms with Crippen molar-refractivity contribution in [2.24, 2.45) is 0 Å². The summed E-state index contributed by atoms with van der Waals surface area (Å²) in [6.45, 7) is 3.96. The van der Waals surface area contributed by atoms with Crippen LogP contribution in [0.25, 0.3) is 0 Å².